The number of carbonyl (C=O) groups is 2. The lowest BCUT2D eigenvalue weighted by molar-refractivity contribution is 0.0917. The van der Waals surface area contributed by atoms with Gasteiger partial charge < -0.3 is 15.5 Å². The lowest BCUT2D eigenvalue weighted by Gasteiger charge is -2.30. The van der Waals surface area contributed by atoms with Crippen LogP contribution in [0.15, 0.2) is 54.7 Å². The van der Waals surface area contributed by atoms with Crippen molar-refractivity contribution in [3.8, 4) is 11.1 Å². The van der Waals surface area contributed by atoms with Crippen molar-refractivity contribution in [2.45, 2.75) is 18.9 Å². The maximum Gasteiger partial charge on any atom is 0.331 e. The third kappa shape index (κ3) is 4.11. The van der Waals surface area contributed by atoms with Crippen molar-refractivity contribution < 1.29 is 18.4 Å². The summed E-state index contributed by atoms with van der Waals surface area (Å²) in [4.78, 5) is 35.8. The quantitative estimate of drug-likeness (QED) is 0.360. The van der Waals surface area contributed by atoms with Crippen LogP contribution in [0.4, 0.5) is 30.6 Å². The molecule has 0 spiro atoms. The first-order chi connectivity index (χ1) is 17.9. The lowest BCUT2D eigenvalue weighted by atomic mass is 10.0. The van der Waals surface area contributed by atoms with Gasteiger partial charge in [0.15, 0.2) is 11.6 Å². The monoisotopic (exact) mass is 519 g/mol. The molecule has 0 unspecified atom stereocenters. The van der Waals surface area contributed by atoms with Crippen LogP contribution in [0.3, 0.4) is 0 Å². The Labute approximate surface area is 215 Å². The maximum atomic E-state index is 14.5. The SMILES string of the molecule is CN1CCC[C@@H](NC(=O)c2sc3nccc4c3c2NC(=O)N4c2cccc(-c3cccc(F)c3F)c2)C1. The number of thiophene rings is 1. The molecule has 2 aliphatic rings. The highest BCUT2D eigenvalue weighted by molar-refractivity contribution is 7.21. The summed E-state index contributed by atoms with van der Waals surface area (Å²) in [7, 11) is 2.03. The summed E-state index contributed by atoms with van der Waals surface area (Å²) in [5.41, 5.74) is 2.01. The normalized spacial score (nSPS) is 17.6. The van der Waals surface area contributed by atoms with Gasteiger partial charge in [-0.1, -0.05) is 24.3 Å². The number of carbonyl (C=O) groups excluding carboxylic acids is 2. The van der Waals surface area contributed by atoms with Crippen molar-refractivity contribution in [3.63, 3.8) is 0 Å². The molecular formula is C27H23F2N5O2S. The van der Waals surface area contributed by atoms with E-state index in [1.54, 1.807) is 36.5 Å². The molecular weight excluding hydrogens is 496 g/mol. The van der Waals surface area contributed by atoms with Crippen molar-refractivity contribution >= 4 is 50.6 Å². The van der Waals surface area contributed by atoms with E-state index in [2.05, 4.69) is 20.5 Å². The van der Waals surface area contributed by atoms with E-state index in [-0.39, 0.29) is 17.5 Å². The Balaban J connectivity index is 1.39. The molecule has 4 heterocycles. The predicted octanol–water partition coefficient (Wildman–Crippen LogP) is 5.75. The number of hydrogen-bond acceptors (Lipinski definition) is 5. The second-order valence-corrected chi connectivity index (χ2v) is 10.3. The number of amides is 3. The van der Waals surface area contributed by atoms with Crippen LogP contribution in [0.1, 0.15) is 22.5 Å². The Morgan fingerprint density at radius 3 is 2.86 bits per heavy atom. The predicted molar refractivity (Wildman–Crippen MR) is 141 cm³/mol. The minimum Gasteiger partial charge on any atom is -0.347 e. The Kier molecular flexibility index (Phi) is 5.85. The molecule has 1 atom stereocenters. The van der Waals surface area contributed by atoms with E-state index < -0.39 is 17.7 Å². The van der Waals surface area contributed by atoms with Crippen molar-refractivity contribution in [3.05, 3.63) is 71.2 Å². The number of hydrogen-bond donors (Lipinski definition) is 2. The van der Waals surface area contributed by atoms with Crippen molar-refractivity contribution in [2.24, 2.45) is 0 Å². The first-order valence-electron chi connectivity index (χ1n) is 12.0. The van der Waals surface area contributed by atoms with Gasteiger partial charge in [-0.2, -0.15) is 0 Å². The van der Waals surface area contributed by atoms with Gasteiger partial charge in [0.2, 0.25) is 0 Å². The molecule has 10 heteroatoms. The highest BCUT2D eigenvalue weighted by atomic mass is 32.1. The van der Waals surface area contributed by atoms with Crippen LogP contribution < -0.4 is 15.5 Å². The lowest BCUT2D eigenvalue weighted by Crippen LogP contribution is -2.46. The van der Waals surface area contributed by atoms with Crippen LogP contribution in [0, 0.1) is 11.6 Å². The summed E-state index contributed by atoms with van der Waals surface area (Å²) in [5, 5.41) is 6.66. The number of piperidine rings is 1. The first-order valence-corrected chi connectivity index (χ1v) is 12.8. The molecule has 1 fully saturated rings. The van der Waals surface area contributed by atoms with Crippen molar-refractivity contribution in [2.75, 3.05) is 30.4 Å². The summed E-state index contributed by atoms with van der Waals surface area (Å²) < 4.78 is 28.3. The summed E-state index contributed by atoms with van der Waals surface area (Å²) in [6.45, 7) is 1.78. The fourth-order valence-electron chi connectivity index (χ4n) is 5.08. The van der Waals surface area contributed by atoms with E-state index in [1.807, 2.05) is 7.05 Å². The third-order valence-electron chi connectivity index (χ3n) is 6.78. The number of pyridine rings is 1. The zero-order valence-corrected chi connectivity index (χ0v) is 20.7. The van der Waals surface area contributed by atoms with Crippen LogP contribution in [-0.2, 0) is 0 Å². The average Bonchev–Trinajstić information content (AvgIpc) is 3.25. The van der Waals surface area contributed by atoms with Gasteiger partial charge in [0.05, 0.1) is 22.4 Å². The molecule has 0 bridgehead atoms. The van der Waals surface area contributed by atoms with E-state index in [0.717, 1.165) is 32.0 Å². The Bertz CT molecular complexity index is 1560. The van der Waals surface area contributed by atoms with Gasteiger partial charge in [-0.15, -0.1) is 11.3 Å². The Hall–Kier alpha value is -3.89. The highest BCUT2D eigenvalue weighted by Gasteiger charge is 2.33. The second kappa shape index (κ2) is 9.20. The Morgan fingerprint density at radius 1 is 1.19 bits per heavy atom. The van der Waals surface area contributed by atoms with E-state index >= 15 is 0 Å². The summed E-state index contributed by atoms with van der Waals surface area (Å²) in [6, 6.07) is 12.0. The average molecular weight is 520 g/mol. The molecule has 2 N–H and O–H groups in total. The minimum absolute atomic E-state index is 0.0397. The largest absolute Gasteiger partial charge is 0.347 e. The van der Waals surface area contributed by atoms with Crippen molar-refractivity contribution in [1.82, 2.24) is 15.2 Å². The van der Waals surface area contributed by atoms with Gasteiger partial charge >= 0.3 is 6.03 Å². The van der Waals surface area contributed by atoms with Crippen LogP contribution in [0.2, 0.25) is 0 Å². The van der Waals surface area contributed by atoms with Crippen molar-refractivity contribution in [1.29, 1.82) is 0 Å². The van der Waals surface area contributed by atoms with Gasteiger partial charge in [-0.25, -0.2) is 18.6 Å². The topological polar surface area (TPSA) is 77.6 Å². The number of nitrogens with one attached hydrogen (secondary N) is 2. The van der Waals surface area contributed by atoms with E-state index in [9.17, 15) is 18.4 Å². The van der Waals surface area contributed by atoms with E-state index in [1.165, 1.54) is 28.4 Å². The van der Waals surface area contributed by atoms with E-state index in [4.69, 9.17) is 0 Å². The second-order valence-electron chi connectivity index (χ2n) is 9.31. The number of nitrogens with zero attached hydrogens (tertiary/aromatic N) is 3. The zero-order chi connectivity index (χ0) is 25.7. The van der Waals surface area contributed by atoms with Crippen LogP contribution in [0.25, 0.3) is 21.3 Å². The smallest absolute Gasteiger partial charge is 0.331 e. The molecule has 0 aliphatic carbocycles. The fourth-order valence-corrected chi connectivity index (χ4v) is 6.10. The van der Waals surface area contributed by atoms with Gasteiger partial charge in [-0.05, 0) is 56.3 Å². The summed E-state index contributed by atoms with van der Waals surface area (Å²) in [6.07, 6.45) is 3.51. The molecule has 3 amide bonds. The number of likely N-dealkylation sites (tertiary alicyclic amines) is 1. The van der Waals surface area contributed by atoms with Gasteiger partial charge in [0.25, 0.3) is 5.91 Å². The Morgan fingerprint density at radius 2 is 2.03 bits per heavy atom. The molecule has 2 aromatic carbocycles. The molecule has 7 nitrogen and oxygen atoms in total. The van der Waals surface area contributed by atoms with E-state index in [0.29, 0.717) is 37.7 Å². The van der Waals surface area contributed by atoms with Crippen LogP contribution in [0.5, 0.6) is 0 Å². The molecule has 0 saturated carbocycles. The molecule has 1 saturated heterocycles. The summed E-state index contributed by atoms with van der Waals surface area (Å²) >= 11 is 1.23. The summed E-state index contributed by atoms with van der Waals surface area (Å²) in [5.74, 6) is -2.13. The van der Waals surface area contributed by atoms with Gasteiger partial charge in [-0.3, -0.25) is 9.69 Å². The first kappa shape index (κ1) is 23.5. The number of aromatic nitrogens is 1. The van der Waals surface area contributed by atoms with Gasteiger partial charge in [0, 0.05) is 24.3 Å². The molecule has 0 radical (unpaired) electrons. The molecule has 2 aromatic heterocycles. The maximum absolute atomic E-state index is 14.5. The zero-order valence-electron chi connectivity index (χ0n) is 19.9. The third-order valence-corrected chi connectivity index (χ3v) is 7.88. The fraction of sp³-hybridized carbons (Fsp3) is 0.222. The number of halogens is 2. The van der Waals surface area contributed by atoms with Gasteiger partial charge in [0.1, 0.15) is 9.71 Å². The highest BCUT2D eigenvalue weighted by Crippen LogP contribution is 2.46. The molecule has 37 heavy (non-hydrogen) atoms. The number of rotatable bonds is 4. The minimum atomic E-state index is -0.950. The number of likely N-dealkylation sites (N-methyl/N-ethyl adjacent to an activating group) is 1. The molecule has 188 valence electrons. The number of benzene rings is 2. The molecule has 6 rings (SSSR count). The number of anilines is 3. The number of urea groups is 1. The van der Waals surface area contributed by atoms with Crippen LogP contribution in [-0.4, -0.2) is 48.0 Å². The standard InChI is InChI=1S/C27H23F2N5O2S/c1-33-12-4-6-16(14-33)31-25(35)24-23-21-20(10-11-30-26(21)37-24)34(27(36)32-23)17-7-2-5-15(13-17)18-8-3-9-19(28)22(18)29/h2-3,5,7-11,13,16H,4,6,12,14H2,1H3,(H,31,35)(H,32,36)/t16-/m1/s1. The van der Waals surface area contributed by atoms with Crippen LogP contribution >= 0.6 is 11.3 Å². The molecule has 2 aliphatic heterocycles. The molecule has 4 aromatic rings.